The lowest BCUT2D eigenvalue weighted by molar-refractivity contribution is -0.121. The van der Waals surface area contributed by atoms with Crippen LogP contribution < -0.4 is 14.8 Å². The largest absolute Gasteiger partial charge is 0.486 e. The SMILES string of the molecule is Cc1nn(C)c(C)c1CCC(=O)NCC1(c2ccc3c(c2)OCCO3)CCCC1. The summed E-state index contributed by atoms with van der Waals surface area (Å²) in [5.41, 5.74) is 4.58. The molecule has 1 aromatic carbocycles. The number of aryl methyl sites for hydroxylation is 2. The van der Waals surface area contributed by atoms with Crippen LogP contribution in [0.4, 0.5) is 0 Å². The number of rotatable bonds is 6. The van der Waals surface area contributed by atoms with Crippen molar-refractivity contribution in [1.82, 2.24) is 15.1 Å². The average molecular weight is 398 g/mol. The van der Waals surface area contributed by atoms with Gasteiger partial charge >= 0.3 is 0 Å². The molecule has 0 bridgehead atoms. The molecule has 2 aromatic rings. The maximum absolute atomic E-state index is 12.6. The van der Waals surface area contributed by atoms with E-state index in [9.17, 15) is 4.79 Å². The average Bonchev–Trinajstić information content (AvgIpc) is 3.30. The molecule has 2 aliphatic rings. The summed E-state index contributed by atoms with van der Waals surface area (Å²) in [6.07, 6.45) is 5.79. The molecule has 1 aliphatic heterocycles. The number of carbonyl (C=O) groups excluding carboxylic acids is 1. The van der Waals surface area contributed by atoms with Crippen molar-refractivity contribution in [3.63, 3.8) is 0 Å². The predicted octanol–water partition coefficient (Wildman–Crippen LogP) is 3.37. The Morgan fingerprint density at radius 1 is 1.17 bits per heavy atom. The molecule has 2 heterocycles. The molecule has 1 aliphatic carbocycles. The van der Waals surface area contributed by atoms with E-state index in [-0.39, 0.29) is 11.3 Å². The first-order valence-electron chi connectivity index (χ1n) is 10.6. The first kappa shape index (κ1) is 19.8. The third-order valence-corrected chi connectivity index (χ3v) is 6.60. The second-order valence-corrected chi connectivity index (χ2v) is 8.40. The third-order valence-electron chi connectivity index (χ3n) is 6.60. The van der Waals surface area contributed by atoms with E-state index >= 15 is 0 Å². The Morgan fingerprint density at radius 2 is 1.90 bits per heavy atom. The Kier molecular flexibility index (Phi) is 5.52. The molecule has 6 heteroatoms. The number of carbonyl (C=O) groups is 1. The summed E-state index contributed by atoms with van der Waals surface area (Å²) in [6, 6.07) is 6.28. The second-order valence-electron chi connectivity index (χ2n) is 8.40. The summed E-state index contributed by atoms with van der Waals surface area (Å²) in [6.45, 7) is 5.94. The van der Waals surface area contributed by atoms with Crippen LogP contribution in [0.25, 0.3) is 0 Å². The van der Waals surface area contributed by atoms with E-state index in [1.807, 2.05) is 24.7 Å². The highest BCUT2D eigenvalue weighted by Gasteiger charge is 2.36. The van der Waals surface area contributed by atoms with Gasteiger partial charge in [0.05, 0.1) is 5.69 Å². The summed E-state index contributed by atoms with van der Waals surface area (Å²) in [5, 5.41) is 7.67. The summed E-state index contributed by atoms with van der Waals surface area (Å²) in [4.78, 5) is 12.6. The fourth-order valence-corrected chi connectivity index (χ4v) is 4.77. The number of nitrogens with zero attached hydrogens (tertiary/aromatic N) is 2. The molecule has 1 N–H and O–H groups in total. The van der Waals surface area contributed by atoms with Gasteiger partial charge in [-0.3, -0.25) is 9.48 Å². The fraction of sp³-hybridized carbons (Fsp3) is 0.565. The van der Waals surface area contributed by atoms with E-state index in [1.165, 1.54) is 24.0 Å². The van der Waals surface area contributed by atoms with E-state index < -0.39 is 0 Å². The molecular formula is C23H31N3O3. The Bertz CT molecular complexity index is 897. The Hall–Kier alpha value is -2.50. The van der Waals surface area contributed by atoms with Gasteiger partial charge in [0.1, 0.15) is 13.2 Å². The summed E-state index contributed by atoms with van der Waals surface area (Å²) in [5.74, 6) is 1.75. The van der Waals surface area contributed by atoms with E-state index in [0.717, 1.165) is 42.1 Å². The van der Waals surface area contributed by atoms with Gasteiger partial charge in [-0.1, -0.05) is 18.9 Å². The van der Waals surface area contributed by atoms with Gasteiger partial charge in [-0.25, -0.2) is 0 Å². The molecule has 1 aromatic heterocycles. The minimum atomic E-state index is -0.00830. The summed E-state index contributed by atoms with van der Waals surface area (Å²) >= 11 is 0. The number of benzene rings is 1. The van der Waals surface area contributed by atoms with Crippen molar-refractivity contribution in [2.75, 3.05) is 19.8 Å². The number of aromatic nitrogens is 2. The molecule has 1 amide bonds. The first-order chi connectivity index (χ1) is 14.0. The van der Waals surface area contributed by atoms with Crippen molar-refractivity contribution >= 4 is 5.91 Å². The molecule has 1 saturated carbocycles. The fourth-order valence-electron chi connectivity index (χ4n) is 4.77. The normalized spacial score (nSPS) is 17.3. The highest BCUT2D eigenvalue weighted by atomic mass is 16.6. The maximum atomic E-state index is 12.6. The second kappa shape index (κ2) is 8.09. The van der Waals surface area contributed by atoms with Crippen LogP contribution in [0.3, 0.4) is 0 Å². The molecule has 0 saturated heterocycles. The zero-order chi connectivity index (χ0) is 20.4. The zero-order valence-electron chi connectivity index (χ0n) is 17.7. The highest BCUT2D eigenvalue weighted by Crippen LogP contribution is 2.43. The number of amides is 1. The van der Waals surface area contributed by atoms with Crippen LogP contribution in [-0.2, 0) is 23.7 Å². The Balaban J connectivity index is 1.41. The summed E-state index contributed by atoms with van der Waals surface area (Å²) < 4.78 is 13.3. The van der Waals surface area contributed by atoms with Gasteiger partial charge in [-0.2, -0.15) is 5.10 Å². The van der Waals surface area contributed by atoms with Gasteiger partial charge in [0.25, 0.3) is 0 Å². The molecule has 1 fully saturated rings. The summed E-state index contributed by atoms with van der Waals surface area (Å²) in [7, 11) is 1.95. The maximum Gasteiger partial charge on any atom is 0.220 e. The molecule has 0 spiro atoms. The molecule has 29 heavy (non-hydrogen) atoms. The van der Waals surface area contributed by atoms with Crippen LogP contribution in [0, 0.1) is 13.8 Å². The smallest absolute Gasteiger partial charge is 0.220 e. The van der Waals surface area contributed by atoms with E-state index in [1.54, 1.807) is 0 Å². The third kappa shape index (κ3) is 3.98. The molecule has 6 nitrogen and oxygen atoms in total. The zero-order valence-corrected chi connectivity index (χ0v) is 17.7. The lowest BCUT2D eigenvalue weighted by Gasteiger charge is -2.31. The number of hydrogen-bond acceptors (Lipinski definition) is 4. The molecule has 0 radical (unpaired) electrons. The van der Waals surface area contributed by atoms with Gasteiger partial charge < -0.3 is 14.8 Å². The number of hydrogen-bond donors (Lipinski definition) is 1. The topological polar surface area (TPSA) is 65.4 Å². The van der Waals surface area contributed by atoms with E-state index in [2.05, 4.69) is 29.5 Å². The van der Waals surface area contributed by atoms with Crippen molar-refractivity contribution < 1.29 is 14.3 Å². The van der Waals surface area contributed by atoms with Crippen LogP contribution in [0.5, 0.6) is 11.5 Å². The van der Waals surface area contributed by atoms with Crippen molar-refractivity contribution in [2.45, 2.75) is 57.8 Å². The molecular weight excluding hydrogens is 366 g/mol. The van der Waals surface area contributed by atoms with Gasteiger partial charge in [0, 0.05) is 31.1 Å². The van der Waals surface area contributed by atoms with E-state index in [4.69, 9.17) is 9.47 Å². The van der Waals surface area contributed by atoms with E-state index in [0.29, 0.717) is 26.2 Å². The van der Waals surface area contributed by atoms with Gasteiger partial charge in [-0.15, -0.1) is 0 Å². The van der Waals surface area contributed by atoms with Crippen molar-refractivity contribution in [3.8, 4) is 11.5 Å². The van der Waals surface area contributed by atoms with Gasteiger partial charge in [-0.05, 0) is 56.4 Å². The Labute approximate surface area is 172 Å². The Morgan fingerprint density at radius 3 is 2.59 bits per heavy atom. The van der Waals surface area contributed by atoms with Crippen molar-refractivity contribution in [2.24, 2.45) is 7.05 Å². The standard InChI is InChI=1S/C23H31N3O3/c1-16-19(17(2)26(3)25-16)7-9-22(27)24-15-23(10-4-5-11-23)18-6-8-20-21(14-18)29-13-12-28-20/h6,8,14H,4-5,7,9-13,15H2,1-3H3,(H,24,27). The highest BCUT2D eigenvalue weighted by molar-refractivity contribution is 5.76. The minimum Gasteiger partial charge on any atom is -0.486 e. The lowest BCUT2D eigenvalue weighted by Crippen LogP contribution is -2.39. The number of fused-ring (bicyclic) bond motifs is 1. The van der Waals surface area contributed by atoms with Crippen LogP contribution in [0.15, 0.2) is 18.2 Å². The van der Waals surface area contributed by atoms with Crippen molar-refractivity contribution in [3.05, 3.63) is 40.7 Å². The predicted molar refractivity (Wildman–Crippen MR) is 112 cm³/mol. The van der Waals surface area contributed by atoms with Gasteiger partial charge in [0.15, 0.2) is 11.5 Å². The van der Waals surface area contributed by atoms with Crippen LogP contribution in [0.1, 0.15) is 54.6 Å². The van der Waals surface area contributed by atoms with Crippen molar-refractivity contribution in [1.29, 1.82) is 0 Å². The quantitative estimate of drug-likeness (QED) is 0.812. The van der Waals surface area contributed by atoms with Crippen LogP contribution in [0.2, 0.25) is 0 Å². The molecule has 4 rings (SSSR count). The molecule has 0 atom stereocenters. The van der Waals surface area contributed by atoms with Crippen LogP contribution >= 0.6 is 0 Å². The van der Waals surface area contributed by atoms with Crippen LogP contribution in [-0.4, -0.2) is 35.4 Å². The molecule has 156 valence electrons. The minimum absolute atomic E-state index is 0.00830. The first-order valence-corrected chi connectivity index (χ1v) is 10.6. The molecule has 0 unspecified atom stereocenters. The lowest BCUT2D eigenvalue weighted by atomic mass is 9.78. The van der Waals surface area contributed by atoms with Gasteiger partial charge in [0.2, 0.25) is 5.91 Å². The monoisotopic (exact) mass is 397 g/mol. The number of ether oxygens (including phenoxy) is 2. The number of nitrogens with one attached hydrogen (secondary N) is 1.